The number of carboxylic acid groups (broad SMARTS) is 2. The number of hydrogen-bond acceptors (Lipinski definition) is 8. The maximum atomic E-state index is 9.73. The maximum absolute atomic E-state index is 9.73. The Bertz CT molecular complexity index is 835. The van der Waals surface area contributed by atoms with Gasteiger partial charge in [-0.1, -0.05) is 24.3 Å². The normalized spacial score (nSPS) is 16.9. The Hall–Kier alpha value is -3.17. The molecule has 32 heavy (non-hydrogen) atoms. The summed E-state index contributed by atoms with van der Waals surface area (Å²) in [6.45, 7) is 1.94. The summed E-state index contributed by atoms with van der Waals surface area (Å²) in [6.07, 6.45) is 6.37. The molecule has 1 saturated carbocycles. The fourth-order valence-electron chi connectivity index (χ4n) is 2.77. The molecule has 1 fully saturated rings. The molecule has 2 atom stereocenters. The maximum Gasteiger partial charge on any atom is 2.00 e. The van der Waals surface area contributed by atoms with Gasteiger partial charge >= 0.3 is 16.8 Å². The molecule has 3 rings (SSSR count). The van der Waals surface area contributed by atoms with Crippen LogP contribution in [0.25, 0.3) is 0 Å². The number of phenols is 2. The van der Waals surface area contributed by atoms with Crippen LogP contribution in [0.3, 0.4) is 0 Å². The number of aliphatic imine (C=N–C) groups is 2. The van der Waals surface area contributed by atoms with E-state index in [4.69, 9.17) is 19.8 Å². The molecular formula is C23H26CoN2O6. The summed E-state index contributed by atoms with van der Waals surface area (Å²) in [6, 6.07) is 14.9. The topological polar surface area (TPSA) is 145 Å². The molecule has 0 saturated heterocycles. The van der Waals surface area contributed by atoms with Gasteiger partial charge in [-0.05, 0) is 57.4 Å². The van der Waals surface area contributed by atoms with Crippen molar-refractivity contribution in [2.75, 3.05) is 0 Å². The van der Waals surface area contributed by atoms with Gasteiger partial charge in [0.05, 0.1) is 12.1 Å². The molecule has 0 aliphatic heterocycles. The van der Waals surface area contributed by atoms with Gasteiger partial charge in [-0.3, -0.25) is 9.98 Å². The first-order chi connectivity index (χ1) is 14.7. The summed E-state index contributed by atoms with van der Waals surface area (Å²) in [4.78, 5) is 26.9. The Morgan fingerprint density at radius 1 is 0.812 bits per heavy atom. The molecule has 0 aromatic heterocycles. The number of hydrogen-bond donors (Lipinski definition) is 2. The van der Waals surface area contributed by atoms with E-state index in [1.165, 1.54) is 0 Å². The Balaban J connectivity index is 0.000000928. The first-order valence-corrected chi connectivity index (χ1v) is 9.66. The number of carbonyl (C=O) groups excluding carboxylic acids is 2. The van der Waals surface area contributed by atoms with Crippen molar-refractivity contribution in [3.05, 3.63) is 59.7 Å². The number of benzene rings is 2. The molecule has 173 valence electrons. The van der Waals surface area contributed by atoms with Crippen molar-refractivity contribution in [2.45, 2.75) is 45.2 Å². The SMILES string of the molecule is CC(=O)[O-].CC(=O)[O-].Oc1ccccc1C=NC1CCC(N=Cc2ccccc2O)C1.[Co+2]. The van der Waals surface area contributed by atoms with Crippen LogP contribution in [0, 0.1) is 0 Å². The van der Waals surface area contributed by atoms with Crippen LogP contribution in [-0.4, -0.2) is 46.7 Å². The van der Waals surface area contributed by atoms with Crippen molar-refractivity contribution in [2.24, 2.45) is 9.98 Å². The average Bonchev–Trinajstić information content (AvgIpc) is 3.14. The van der Waals surface area contributed by atoms with E-state index in [1.807, 2.05) is 24.3 Å². The standard InChI is InChI=1S/C19H20N2O2.2C2H4O2.Co/c22-18-7-3-1-5-14(18)12-20-16-9-10-17(11-16)21-13-15-6-2-4-8-19(15)23;2*1-2(3)4;/h1-8,12-13,16-17,22-23H,9-11H2;2*1H3,(H,3,4);/q;;;+2/p-2. The molecule has 2 aromatic rings. The fraction of sp³-hybridized carbons (Fsp3) is 0.304. The van der Waals surface area contributed by atoms with Crippen LogP contribution in [0.1, 0.15) is 44.2 Å². The summed E-state index contributed by atoms with van der Waals surface area (Å²) in [7, 11) is 0. The molecule has 0 amide bonds. The molecule has 0 bridgehead atoms. The monoisotopic (exact) mass is 485 g/mol. The third-order valence-electron chi connectivity index (χ3n) is 4.10. The molecule has 1 aliphatic carbocycles. The van der Waals surface area contributed by atoms with Crippen LogP contribution in [0.2, 0.25) is 0 Å². The third-order valence-corrected chi connectivity index (χ3v) is 4.10. The minimum Gasteiger partial charge on any atom is -0.550 e. The molecule has 2 N–H and O–H groups in total. The Morgan fingerprint density at radius 2 is 1.12 bits per heavy atom. The molecule has 0 heterocycles. The smallest absolute Gasteiger partial charge is 0.550 e. The zero-order valence-corrected chi connectivity index (χ0v) is 18.8. The van der Waals surface area contributed by atoms with E-state index in [0.29, 0.717) is 0 Å². The summed E-state index contributed by atoms with van der Waals surface area (Å²) in [5, 5.41) is 37.2. The Kier molecular flexibility index (Phi) is 14.1. The predicted octanol–water partition coefficient (Wildman–Crippen LogP) is 1.07. The molecule has 8 nitrogen and oxygen atoms in total. The number of rotatable bonds is 4. The van der Waals surface area contributed by atoms with E-state index < -0.39 is 11.9 Å². The first kappa shape index (κ1) is 28.8. The van der Waals surface area contributed by atoms with Gasteiger partial charge in [0.1, 0.15) is 11.5 Å². The van der Waals surface area contributed by atoms with Crippen LogP contribution in [0.15, 0.2) is 58.5 Å². The summed E-state index contributed by atoms with van der Waals surface area (Å²) < 4.78 is 0. The number of nitrogens with zero attached hydrogens (tertiary/aromatic N) is 2. The molecule has 9 heteroatoms. The van der Waals surface area contributed by atoms with Crippen molar-refractivity contribution >= 4 is 24.4 Å². The summed E-state index contributed by atoms with van der Waals surface area (Å²) in [5.74, 6) is -1.66. The van der Waals surface area contributed by atoms with E-state index in [1.54, 1.807) is 36.7 Å². The second-order valence-corrected chi connectivity index (χ2v) is 6.78. The van der Waals surface area contributed by atoms with Crippen molar-refractivity contribution in [1.29, 1.82) is 0 Å². The predicted molar refractivity (Wildman–Crippen MR) is 114 cm³/mol. The van der Waals surface area contributed by atoms with Gasteiger partial charge in [0, 0.05) is 35.5 Å². The van der Waals surface area contributed by atoms with E-state index in [-0.39, 0.29) is 40.4 Å². The molecule has 0 spiro atoms. The first-order valence-electron chi connectivity index (χ1n) is 9.66. The third kappa shape index (κ3) is 12.5. The second-order valence-electron chi connectivity index (χ2n) is 6.78. The Morgan fingerprint density at radius 3 is 1.44 bits per heavy atom. The van der Waals surface area contributed by atoms with Gasteiger partial charge < -0.3 is 30.0 Å². The number of carbonyl (C=O) groups is 2. The van der Waals surface area contributed by atoms with Crippen molar-refractivity contribution in [3.63, 3.8) is 0 Å². The minimum absolute atomic E-state index is 0. The average molecular weight is 485 g/mol. The van der Waals surface area contributed by atoms with Crippen molar-refractivity contribution in [1.82, 2.24) is 0 Å². The molecule has 1 radical (unpaired) electrons. The van der Waals surface area contributed by atoms with Crippen LogP contribution >= 0.6 is 0 Å². The zero-order chi connectivity index (χ0) is 23.2. The van der Waals surface area contributed by atoms with E-state index in [2.05, 4.69) is 9.98 Å². The van der Waals surface area contributed by atoms with Gasteiger partial charge in [-0.25, -0.2) is 0 Å². The minimum atomic E-state index is -1.08. The number of phenolic OH excluding ortho intramolecular Hbond substituents is 2. The van der Waals surface area contributed by atoms with Gasteiger partial charge in [0.25, 0.3) is 0 Å². The van der Waals surface area contributed by atoms with E-state index in [9.17, 15) is 10.2 Å². The van der Waals surface area contributed by atoms with Gasteiger partial charge in [0.2, 0.25) is 0 Å². The molecule has 2 aromatic carbocycles. The van der Waals surface area contributed by atoms with Gasteiger partial charge in [-0.2, -0.15) is 0 Å². The molecular weight excluding hydrogens is 459 g/mol. The number of para-hydroxylation sites is 2. The number of aliphatic carboxylic acids is 2. The van der Waals surface area contributed by atoms with Crippen molar-refractivity contribution in [3.8, 4) is 11.5 Å². The Labute approximate surface area is 197 Å². The van der Waals surface area contributed by atoms with Gasteiger partial charge in [0.15, 0.2) is 0 Å². The van der Waals surface area contributed by atoms with Crippen LogP contribution < -0.4 is 10.2 Å². The summed E-state index contributed by atoms with van der Waals surface area (Å²) in [5.41, 5.74) is 1.49. The van der Waals surface area contributed by atoms with Gasteiger partial charge in [-0.15, -0.1) is 0 Å². The van der Waals surface area contributed by atoms with Crippen molar-refractivity contribution < 1.29 is 46.8 Å². The summed E-state index contributed by atoms with van der Waals surface area (Å²) >= 11 is 0. The molecule has 1 aliphatic rings. The zero-order valence-electron chi connectivity index (χ0n) is 17.8. The quantitative estimate of drug-likeness (QED) is 0.620. The van der Waals surface area contributed by atoms with Crippen LogP contribution in [0.4, 0.5) is 0 Å². The number of carboxylic acids is 2. The second kappa shape index (κ2) is 15.6. The number of aromatic hydroxyl groups is 2. The van der Waals surface area contributed by atoms with Crippen LogP contribution in [-0.2, 0) is 26.4 Å². The van der Waals surface area contributed by atoms with E-state index >= 15 is 0 Å². The largest absolute Gasteiger partial charge is 2.00 e. The van der Waals surface area contributed by atoms with Crippen LogP contribution in [0.5, 0.6) is 11.5 Å². The fourth-order valence-corrected chi connectivity index (χ4v) is 2.77. The van der Waals surface area contributed by atoms with E-state index in [0.717, 1.165) is 44.2 Å². The molecule has 2 unspecified atom stereocenters.